The third-order valence-electron chi connectivity index (χ3n) is 1.97. The number of hydrogen-bond donors (Lipinski definition) is 1. The number of aromatic nitrogens is 2. The zero-order chi connectivity index (χ0) is 8.55. The summed E-state index contributed by atoms with van der Waals surface area (Å²) in [7, 11) is 1.66. The van der Waals surface area contributed by atoms with E-state index in [4.69, 9.17) is 4.74 Å². The number of H-pyrrole nitrogens is 1. The monoisotopic (exact) mass is 162 g/mol. The van der Waals surface area contributed by atoms with Gasteiger partial charge in [-0.1, -0.05) is 0 Å². The van der Waals surface area contributed by atoms with Gasteiger partial charge in [-0.25, -0.2) is 0 Å². The van der Waals surface area contributed by atoms with Crippen LogP contribution in [0, 0.1) is 6.92 Å². The molecule has 0 radical (unpaired) electrons. The van der Waals surface area contributed by atoms with Crippen molar-refractivity contribution in [2.45, 2.75) is 6.92 Å². The molecule has 62 valence electrons. The molecule has 3 nitrogen and oxygen atoms in total. The van der Waals surface area contributed by atoms with Gasteiger partial charge in [0.1, 0.15) is 5.75 Å². The Balaban J connectivity index is 2.75. The van der Waals surface area contributed by atoms with Crippen molar-refractivity contribution in [1.29, 1.82) is 0 Å². The molecule has 1 aromatic carbocycles. The van der Waals surface area contributed by atoms with Gasteiger partial charge >= 0.3 is 0 Å². The zero-order valence-corrected chi connectivity index (χ0v) is 7.09. The second-order valence-corrected chi connectivity index (χ2v) is 2.78. The van der Waals surface area contributed by atoms with Gasteiger partial charge in [-0.05, 0) is 18.6 Å². The van der Waals surface area contributed by atoms with Crippen LogP contribution in [0.15, 0.2) is 18.3 Å². The minimum Gasteiger partial charge on any atom is -0.497 e. The Hall–Kier alpha value is -1.51. The number of benzene rings is 1. The first kappa shape index (κ1) is 7.16. The zero-order valence-electron chi connectivity index (χ0n) is 7.09. The lowest BCUT2D eigenvalue weighted by molar-refractivity contribution is 0.415. The van der Waals surface area contributed by atoms with E-state index in [9.17, 15) is 0 Å². The van der Waals surface area contributed by atoms with Gasteiger partial charge in [0.05, 0.1) is 18.8 Å². The van der Waals surface area contributed by atoms with E-state index in [1.807, 2.05) is 25.3 Å². The van der Waals surface area contributed by atoms with Crippen LogP contribution in [0.1, 0.15) is 5.56 Å². The van der Waals surface area contributed by atoms with Crippen molar-refractivity contribution in [3.63, 3.8) is 0 Å². The summed E-state index contributed by atoms with van der Waals surface area (Å²) in [4.78, 5) is 0. The lowest BCUT2D eigenvalue weighted by Gasteiger charge is -2.01. The summed E-state index contributed by atoms with van der Waals surface area (Å²) in [5.74, 6) is 0.865. The standard InChI is InChI=1S/C9H10N2O/c1-6-3-7(12-2)4-9-8(6)5-10-11-9/h3-5H,1-2H3,(H,10,11). The molecule has 0 aliphatic carbocycles. The van der Waals surface area contributed by atoms with E-state index in [0.29, 0.717) is 0 Å². The fourth-order valence-corrected chi connectivity index (χ4v) is 1.31. The molecule has 0 spiro atoms. The molecule has 3 heteroatoms. The molecule has 0 amide bonds. The molecule has 1 N–H and O–H groups in total. The molecule has 2 aromatic rings. The average molecular weight is 162 g/mol. The lowest BCUT2D eigenvalue weighted by Crippen LogP contribution is -1.84. The van der Waals surface area contributed by atoms with Crippen molar-refractivity contribution in [2.24, 2.45) is 0 Å². The minimum atomic E-state index is 0.865. The highest BCUT2D eigenvalue weighted by Crippen LogP contribution is 2.22. The Bertz CT molecular complexity index is 406. The summed E-state index contributed by atoms with van der Waals surface area (Å²) in [6.45, 7) is 2.04. The van der Waals surface area contributed by atoms with Gasteiger partial charge in [0.2, 0.25) is 0 Å². The molecule has 0 aliphatic rings. The van der Waals surface area contributed by atoms with Gasteiger partial charge in [-0.15, -0.1) is 0 Å². The molecule has 0 bridgehead atoms. The molecule has 2 rings (SSSR count). The molecule has 12 heavy (non-hydrogen) atoms. The smallest absolute Gasteiger partial charge is 0.121 e. The molecule has 1 heterocycles. The molecule has 0 aliphatic heterocycles. The van der Waals surface area contributed by atoms with Gasteiger partial charge in [0.25, 0.3) is 0 Å². The molecular formula is C9H10N2O. The lowest BCUT2D eigenvalue weighted by atomic mass is 10.1. The summed E-state index contributed by atoms with van der Waals surface area (Å²) in [6, 6.07) is 3.94. The first-order chi connectivity index (χ1) is 5.81. The van der Waals surface area contributed by atoms with Crippen LogP contribution in [0.4, 0.5) is 0 Å². The van der Waals surface area contributed by atoms with Crippen molar-refractivity contribution < 1.29 is 4.74 Å². The number of rotatable bonds is 1. The van der Waals surface area contributed by atoms with Crippen LogP contribution >= 0.6 is 0 Å². The van der Waals surface area contributed by atoms with E-state index < -0.39 is 0 Å². The number of ether oxygens (including phenoxy) is 1. The molecule has 0 fully saturated rings. The first-order valence-electron chi connectivity index (χ1n) is 3.79. The second-order valence-electron chi connectivity index (χ2n) is 2.78. The number of nitrogens with zero attached hydrogens (tertiary/aromatic N) is 1. The highest BCUT2D eigenvalue weighted by Gasteiger charge is 2.01. The van der Waals surface area contributed by atoms with E-state index in [1.165, 1.54) is 5.56 Å². The maximum atomic E-state index is 5.12. The Morgan fingerprint density at radius 2 is 2.25 bits per heavy atom. The van der Waals surface area contributed by atoms with E-state index in [1.54, 1.807) is 7.11 Å². The fourth-order valence-electron chi connectivity index (χ4n) is 1.31. The van der Waals surface area contributed by atoms with Gasteiger partial charge in [0, 0.05) is 11.5 Å². The van der Waals surface area contributed by atoms with Crippen LogP contribution in [-0.2, 0) is 0 Å². The van der Waals surface area contributed by atoms with Crippen LogP contribution in [0.2, 0.25) is 0 Å². The third-order valence-corrected chi connectivity index (χ3v) is 1.97. The quantitative estimate of drug-likeness (QED) is 0.695. The summed E-state index contributed by atoms with van der Waals surface area (Å²) >= 11 is 0. The molecule has 0 unspecified atom stereocenters. The molecule has 1 aromatic heterocycles. The van der Waals surface area contributed by atoms with Crippen LogP contribution in [0.25, 0.3) is 10.9 Å². The van der Waals surface area contributed by atoms with E-state index in [-0.39, 0.29) is 0 Å². The van der Waals surface area contributed by atoms with Crippen molar-refractivity contribution in [2.75, 3.05) is 7.11 Å². The van der Waals surface area contributed by atoms with Gasteiger partial charge in [-0.2, -0.15) is 5.10 Å². The van der Waals surface area contributed by atoms with Gasteiger partial charge in [0.15, 0.2) is 0 Å². The number of methoxy groups -OCH3 is 1. The van der Waals surface area contributed by atoms with E-state index >= 15 is 0 Å². The van der Waals surface area contributed by atoms with Gasteiger partial charge in [-0.3, -0.25) is 5.10 Å². The molecule has 0 saturated heterocycles. The Labute approximate surface area is 70.4 Å². The Morgan fingerprint density at radius 3 is 3.00 bits per heavy atom. The Morgan fingerprint density at radius 1 is 1.42 bits per heavy atom. The SMILES string of the molecule is COc1cc(C)c2cn[nH]c2c1. The predicted octanol–water partition coefficient (Wildman–Crippen LogP) is 1.88. The minimum absolute atomic E-state index is 0.865. The summed E-state index contributed by atoms with van der Waals surface area (Å²) < 4.78 is 5.12. The summed E-state index contributed by atoms with van der Waals surface area (Å²) in [5, 5.41) is 8.01. The molecular weight excluding hydrogens is 152 g/mol. The first-order valence-corrected chi connectivity index (χ1v) is 3.79. The van der Waals surface area contributed by atoms with Crippen LogP contribution in [-0.4, -0.2) is 17.3 Å². The fraction of sp³-hybridized carbons (Fsp3) is 0.222. The van der Waals surface area contributed by atoms with Crippen LogP contribution < -0.4 is 4.74 Å². The normalized spacial score (nSPS) is 10.5. The summed E-state index contributed by atoms with van der Waals surface area (Å²) in [5.41, 5.74) is 2.20. The number of nitrogens with one attached hydrogen (secondary N) is 1. The maximum absolute atomic E-state index is 5.12. The largest absolute Gasteiger partial charge is 0.497 e. The molecule has 0 saturated carbocycles. The highest BCUT2D eigenvalue weighted by molar-refractivity contribution is 5.82. The van der Waals surface area contributed by atoms with Crippen LogP contribution in [0.5, 0.6) is 5.75 Å². The number of aromatic amines is 1. The Kier molecular flexibility index (Phi) is 1.50. The third kappa shape index (κ3) is 0.942. The van der Waals surface area contributed by atoms with E-state index in [2.05, 4.69) is 10.2 Å². The molecule has 0 atom stereocenters. The van der Waals surface area contributed by atoms with E-state index in [0.717, 1.165) is 16.7 Å². The van der Waals surface area contributed by atoms with Crippen molar-refractivity contribution in [3.05, 3.63) is 23.9 Å². The maximum Gasteiger partial charge on any atom is 0.121 e. The number of hydrogen-bond acceptors (Lipinski definition) is 2. The highest BCUT2D eigenvalue weighted by atomic mass is 16.5. The van der Waals surface area contributed by atoms with Crippen molar-refractivity contribution >= 4 is 10.9 Å². The topological polar surface area (TPSA) is 37.9 Å². The second kappa shape index (κ2) is 2.52. The summed E-state index contributed by atoms with van der Waals surface area (Å²) in [6.07, 6.45) is 1.82. The van der Waals surface area contributed by atoms with Crippen molar-refractivity contribution in [1.82, 2.24) is 10.2 Å². The van der Waals surface area contributed by atoms with Gasteiger partial charge < -0.3 is 4.74 Å². The van der Waals surface area contributed by atoms with Crippen LogP contribution in [0.3, 0.4) is 0 Å². The number of aryl methyl sites for hydroxylation is 1. The average Bonchev–Trinajstić information content (AvgIpc) is 2.52. The predicted molar refractivity (Wildman–Crippen MR) is 47.4 cm³/mol. The van der Waals surface area contributed by atoms with Crippen molar-refractivity contribution in [3.8, 4) is 5.75 Å². The number of fused-ring (bicyclic) bond motifs is 1.